The van der Waals surface area contributed by atoms with Crippen LogP contribution in [0.15, 0.2) is 60.7 Å². The highest BCUT2D eigenvalue weighted by atomic mass is 19.1. The number of aliphatic hydroxyl groups excluding tert-OH is 1. The highest BCUT2D eigenvalue weighted by Crippen LogP contribution is 2.40. The smallest absolute Gasteiger partial charge is 0.295 e. The van der Waals surface area contributed by atoms with Gasteiger partial charge in [-0.2, -0.15) is 0 Å². The van der Waals surface area contributed by atoms with Crippen LogP contribution >= 0.6 is 0 Å². The highest BCUT2D eigenvalue weighted by molar-refractivity contribution is 6.46. The maximum atomic E-state index is 13.6. The highest BCUT2D eigenvalue weighted by Gasteiger charge is 2.46. The molecule has 6 nitrogen and oxygen atoms in total. The molecule has 1 saturated heterocycles. The number of likely N-dealkylation sites (N-methyl/N-ethyl adjacent to an activating group) is 1. The van der Waals surface area contributed by atoms with E-state index < -0.39 is 23.5 Å². The van der Waals surface area contributed by atoms with Gasteiger partial charge in [-0.25, -0.2) is 4.39 Å². The van der Waals surface area contributed by atoms with Gasteiger partial charge in [0, 0.05) is 18.7 Å². The molecule has 1 amide bonds. The minimum atomic E-state index is -0.813. The quantitative estimate of drug-likeness (QED) is 0.242. The second kappa shape index (κ2) is 11.1. The van der Waals surface area contributed by atoms with E-state index in [2.05, 4.69) is 11.5 Å². The minimum Gasteiger partial charge on any atom is -0.507 e. The molecule has 0 aliphatic carbocycles. The summed E-state index contributed by atoms with van der Waals surface area (Å²) in [6.07, 6.45) is 1.63. The SMILES string of the molecule is C=CCOc1ccc(C(O)=C2C(=O)C(=O)N(CCN(CC)CC)[C@H]2c2ccc(F)cc2)c(C)c1. The van der Waals surface area contributed by atoms with E-state index in [0.717, 1.165) is 13.1 Å². The van der Waals surface area contributed by atoms with Gasteiger partial charge >= 0.3 is 0 Å². The molecule has 1 heterocycles. The van der Waals surface area contributed by atoms with Gasteiger partial charge in [0.25, 0.3) is 11.7 Å². The van der Waals surface area contributed by atoms with Crippen molar-refractivity contribution in [2.45, 2.75) is 26.8 Å². The minimum absolute atomic E-state index is 0.000912. The maximum absolute atomic E-state index is 13.6. The summed E-state index contributed by atoms with van der Waals surface area (Å²) in [6.45, 7) is 12.3. The lowest BCUT2D eigenvalue weighted by Crippen LogP contribution is -2.38. The molecular formula is C27H31FN2O4. The summed E-state index contributed by atoms with van der Waals surface area (Å²) in [5.74, 6) is -1.51. The number of aliphatic hydroxyl groups is 1. The number of carbonyl (C=O) groups excluding carboxylic acids is 2. The van der Waals surface area contributed by atoms with Gasteiger partial charge in [-0.15, -0.1) is 0 Å². The molecule has 1 atom stereocenters. The van der Waals surface area contributed by atoms with Crippen LogP contribution < -0.4 is 4.74 Å². The van der Waals surface area contributed by atoms with E-state index in [1.54, 1.807) is 43.3 Å². The third-order valence-corrected chi connectivity index (χ3v) is 6.10. The summed E-state index contributed by atoms with van der Waals surface area (Å²) in [5.41, 5.74) is 1.68. The average molecular weight is 467 g/mol. The first-order valence-corrected chi connectivity index (χ1v) is 11.4. The lowest BCUT2D eigenvalue weighted by molar-refractivity contribution is -0.140. The van der Waals surface area contributed by atoms with E-state index >= 15 is 0 Å². The number of carbonyl (C=O) groups is 2. The van der Waals surface area contributed by atoms with Crippen LogP contribution in [0.3, 0.4) is 0 Å². The summed E-state index contributed by atoms with van der Waals surface area (Å²) in [6, 6.07) is 9.96. The molecule has 1 aliphatic rings. The van der Waals surface area contributed by atoms with E-state index in [-0.39, 0.29) is 11.3 Å². The maximum Gasteiger partial charge on any atom is 0.295 e. The van der Waals surface area contributed by atoms with Crippen LogP contribution in [-0.2, 0) is 9.59 Å². The standard InChI is InChI=1S/C27H31FN2O4/c1-5-16-34-21-12-13-22(18(4)17-21)25(31)23-24(19-8-10-20(28)11-9-19)30(27(33)26(23)32)15-14-29(6-2)7-3/h5,8-13,17,24,31H,1,6-7,14-16H2,2-4H3/t24-/m0/s1. The molecule has 0 bridgehead atoms. The van der Waals surface area contributed by atoms with Crippen LogP contribution in [0.1, 0.15) is 36.6 Å². The molecule has 0 spiro atoms. The Kier molecular flexibility index (Phi) is 8.23. The molecule has 0 unspecified atom stereocenters. The van der Waals surface area contributed by atoms with Gasteiger partial charge < -0.3 is 19.6 Å². The van der Waals surface area contributed by atoms with Crippen molar-refractivity contribution in [3.63, 3.8) is 0 Å². The Hall–Kier alpha value is -3.45. The van der Waals surface area contributed by atoms with Crippen LogP contribution in [-0.4, -0.2) is 59.4 Å². The van der Waals surface area contributed by atoms with Gasteiger partial charge in [0.15, 0.2) is 0 Å². The van der Waals surface area contributed by atoms with E-state index in [9.17, 15) is 19.1 Å². The summed E-state index contributed by atoms with van der Waals surface area (Å²) in [7, 11) is 0. The Balaban J connectivity index is 2.08. The molecule has 0 radical (unpaired) electrons. The monoisotopic (exact) mass is 466 g/mol. The van der Waals surface area contributed by atoms with Gasteiger partial charge in [-0.1, -0.05) is 38.6 Å². The molecule has 2 aromatic rings. The number of amides is 1. The van der Waals surface area contributed by atoms with E-state index in [4.69, 9.17) is 4.74 Å². The molecule has 1 aliphatic heterocycles. The molecular weight excluding hydrogens is 435 g/mol. The Labute approximate surface area is 199 Å². The lowest BCUT2D eigenvalue weighted by atomic mass is 9.94. The van der Waals surface area contributed by atoms with Crippen molar-refractivity contribution in [2.75, 3.05) is 32.8 Å². The Morgan fingerprint density at radius 1 is 1.18 bits per heavy atom. The van der Waals surface area contributed by atoms with Gasteiger partial charge in [-0.05, 0) is 61.5 Å². The molecule has 34 heavy (non-hydrogen) atoms. The third-order valence-electron chi connectivity index (χ3n) is 6.10. The average Bonchev–Trinajstić information content (AvgIpc) is 3.08. The topological polar surface area (TPSA) is 70.1 Å². The second-order valence-electron chi connectivity index (χ2n) is 8.15. The van der Waals surface area contributed by atoms with Crippen LogP contribution in [0.25, 0.3) is 5.76 Å². The Morgan fingerprint density at radius 2 is 1.85 bits per heavy atom. The van der Waals surface area contributed by atoms with Crippen LogP contribution in [0.4, 0.5) is 4.39 Å². The molecule has 180 valence electrons. The number of likely N-dealkylation sites (tertiary alicyclic amines) is 1. The zero-order valence-electron chi connectivity index (χ0n) is 19.9. The zero-order valence-corrected chi connectivity index (χ0v) is 19.9. The van der Waals surface area contributed by atoms with Crippen LogP contribution in [0, 0.1) is 12.7 Å². The molecule has 0 saturated carbocycles. The normalized spacial score (nSPS) is 17.4. The number of aryl methyl sites for hydroxylation is 1. The van der Waals surface area contributed by atoms with Crippen LogP contribution in [0.5, 0.6) is 5.75 Å². The number of rotatable bonds is 10. The van der Waals surface area contributed by atoms with Crippen molar-refractivity contribution in [3.05, 3.63) is 83.2 Å². The number of ketones is 1. The van der Waals surface area contributed by atoms with Gasteiger partial charge in [0.05, 0.1) is 11.6 Å². The fourth-order valence-electron chi connectivity index (χ4n) is 4.18. The van der Waals surface area contributed by atoms with Crippen molar-refractivity contribution in [1.82, 2.24) is 9.80 Å². The van der Waals surface area contributed by atoms with Crippen molar-refractivity contribution in [1.29, 1.82) is 0 Å². The van der Waals surface area contributed by atoms with E-state index in [1.807, 2.05) is 13.8 Å². The summed E-state index contributed by atoms with van der Waals surface area (Å²) < 4.78 is 19.2. The fraction of sp³-hybridized carbons (Fsp3) is 0.333. The summed E-state index contributed by atoms with van der Waals surface area (Å²) >= 11 is 0. The fourth-order valence-corrected chi connectivity index (χ4v) is 4.18. The second-order valence-corrected chi connectivity index (χ2v) is 8.15. The van der Waals surface area contributed by atoms with Crippen LogP contribution in [0.2, 0.25) is 0 Å². The van der Waals surface area contributed by atoms with Gasteiger partial charge in [-0.3, -0.25) is 9.59 Å². The first-order chi connectivity index (χ1) is 16.3. The number of Topliss-reactive ketones (excluding diaryl/α,β-unsaturated/α-hetero) is 1. The molecule has 0 aromatic heterocycles. The van der Waals surface area contributed by atoms with Crippen molar-refractivity contribution >= 4 is 17.4 Å². The van der Waals surface area contributed by atoms with Gasteiger partial charge in [0.1, 0.15) is 23.9 Å². The molecule has 2 aromatic carbocycles. The van der Waals surface area contributed by atoms with Crippen molar-refractivity contribution in [2.24, 2.45) is 0 Å². The molecule has 7 heteroatoms. The number of benzene rings is 2. The summed E-state index contributed by atoms with van der Waals surface area (Å²) in [5, 5.41) is 11.3. The number of halogens is 1. The van der Waals surface area contributed by atoms with Crippen molar-refractivity contribution in [3.8, 4) is 5.75 Å². The first-order valence-electron chi connectivity index (χ1n) is 11.4. The first kappa shape index (κ1) is 25.2. The van der Waals surface area contributed by atoms with E-state index in [1.165, 1.54) is 17.0 Å². The number of hydrogen-bond donors (Lipinski definition) is 1. The zero-order chi connectivity index (χ0) is 24.8. The molecule has 1 N–H and O–H groups in total. The Bertz CT molecular complexity index is 1090. The predicted octanol–water partition coefficient (Wildman–Crippen LogP) is 4.46. The molecule has 1 fully saturated rings. The third kappa shape index (κ3) is 5.20. The van der Waals surface area contributed by atoms with Crippen molar-refractivity contribution < 1.29 is 23.8 Å². The predicted molar refractivity (Wildman–Crippen MR) is 130 cm³/mol. The Morgan fingerprint density at radius 3 is 2.44 bits per heavy atom. The number of ether oxygens (including phenoxy) is 1. The largest absolute Gasteiger partial charge is 0.507 e. The lowest BCUT2D eigenvalue weighted by Gasteiger charge is -2.28. The molecule has 3 rings (SSSR count). The number of nitrogens with zero attached hydrogens (tertiary/aromatic N) is 2. The van der Waals surface area contributed by atoms with Gasteiger partial charge in [0.2, 0.25) is 0 Å². The summed E-state index contributed by atoms with van der Waals surface area (Å²) in [4.78, 5) is 29.8. The number of hydrogen-bond acceptors (Lipinski definition) is 5. The van der Waals surface area contributed by atoms with E-state index in [0.29, 0.717) is 42.1 Å².